The molecular weight excluding hydrogens is 310 g/mol. The molecule has 0 spiro atoms. The maximum Gasteiger partial charge on any atom is 0.228 e. The van der Waals surface area contributed by atoms with Gasteiger partial charge >= 0.3 is 0 Å². The lowest BCUT2D eigenvalue weighted by atomic mass is 10.2. The number of aromatic nitrogens is 2. The fourth-order valence-corrected chi connectivity index (χ4v) is 3.23. The molecule has 2 aromatic heterocycles. The Kier molecular flexibility index (Phi) is 6.58. The molecule has 0 saturated carbocycles. The van der Waals surface area contributed by atoms with Crippen LogP contribution < -0.4 is 10.6 Å². The number of aryl methyl sites for hydroxylation is 2. The van der Waals surface area contributed by atoms with Crippen LogP contribution in [0.4, 0.5) is 0 Å². The van der Waals surface area contributed by atoms with Crippen molar-refractivity contribution in [2.24, 2.45) is 4.99 Å². The van der Waals surface area contributed by atoms with E-state index in [0.717, 1.165) is 18.9 Å². The average Bonchev–Trinajstić information content (AvgIpc) is 3.08. The third-order valence-electron chi connectivity index (χ3n) is 3.20. The second-order valence-electron chi connectivity index (χ2n) is 5.51. The van der Waals surface area contributed by atoms with Crippen LogP contribution in [0.3, 0.4) is 0 Å². The van der Waals surface area contributed by atoms with Crippen molar-refractivity contribution in [1.29, 1.82) is 0 Å². The van der Waals surface area contributed by atoms with Crippen LogP contribution in [0.15, 0.2) is 21.6 Å². The topological polar surface area (TPSA) is 75.3 Å². The molecule has 6 nitrogen and oxygen atoms in total. The number of guanidine groups is 1. The highest BCUT2D eigenvalue weighted by atomic mass is 32.1. The lowest BCUT2D eigenvalue weighted by Crippen LogP contribution is -2.43. The van der Waals surface area contributed by atoms with Crippen molar-refractivity contribution in [3.63, 3.8) is 0 Å². The molecule has 2 N–H and O–H groups in total. The summed E-state index contributed by atoms with van der Waals surface area (Å²) in [6, 6.07) is 4.68. The predicted octanol–water partition coefficient (Wildman–Crippen LogP) is 2.48. The maximum absolute atomic E-state index is 5.10. The van der Waals surface area contributed by atoms with Crippen molar-refractivity contribution in [3.05, 3.63) is 33.6 Å². The molecule has 126 valence electrons. The van der Waals surface area contributed by atoms with E-state index in [2.05, 4.69) is 58.7 Å². The number of hydrogen-bond donors (Lipinski definition) is 2. The van der Waals surface area contributed by atoms with Crippen molar-refractivity contribution in [2.45, 2.75) is 46.6 Å². The summed E-state index contributed by atoms with van der Waals surface area (Å²) in [7, 11) is 0. The zero-order chi connectivity index (χ0) is 16.7. The summed E-state index contributed by atoms with van der Waals surface area (Å²) in [6.45, 7) is 9.63. The fourth-order valence-electron chi connectivity index (χ4n) is 2.21. The van der Waals surface area contributed by atoms with Gasteiger partial charge in [0, 0.05) is 35.2 Å². The van der Waals surface area contributed by atoms with Gasteiger partial charge in [-0.15, -0.1) is 11.3 Å². The highest BCUT2D eigenvalue weighted by molar-refractivity contribution is 7.11. The fraction of sp³-hybridized carbons (Fsp3) is 0.562. The Morgan fingerprint density at radius 3 is 2.83 bits per heavy atom. The molecular formula is C16H25N5OS. The number of thiophene rings is 1. The van der Waals surface area contributed by atoms with E-state index in [-0.39, 0.29) is 0 Å². The van der Waals surface area contributed by atoms with Gasteiger partial charge in [-0.05, 0) is 39.8 Å². The number of nitrogens with zero attached hydrogens (tertiary/aromatic N) is 3. The molecule has 0 aromatic carbocycles. The monoisotopic (exact) mass is 335 g/mol. The number of hydrogen-bond acceptors (Lipinski definition) is 5. The Labute approximate surface area is 141 Å². The molecule has 2 aromatic rings. The zero-order valence-electron chi connectivity index (χ0n) is 14.2. The lowest BCUT2D eigenvalue weighted by molar-refractivity contribution is 0.376. The second kappa shape index (κ2) is 8.67. The summed E-state index contributed by atoms with van der Waals surface area (Å²) in [5.74, 6) is 2.11. The van der Waals surface area contributed by atoms with Crippen molar-refractivity contribution < 1.29 is 4.52 Å². The Morgan fingerprint density at radius 2 is 2.22 bits per heavy atom. The van der Waals surface area contributed by atoms with Crippen LogP contribution >= 0.6 is 11.3 Å². The van der Waals surface area contributed by atoms with E-state index >= 15 is 0 Å². The van der Waals surface area contributed by atoms with Crippen LogP contribution in [0.1, 0.15) is 35.3 Å². The Balaban J connectivity index is 1.85. The van der Waals surface area contributed by atoms with Crippen LogP contribution in [0, 0.1) is 13.8 Å². The first kappa shape index (κ1) is 17.5. The molecule has 2 rings (SSSR count). The van der Waals surface area contributed by atoms with Crippen LogP contribution in [0.5, 0.6) is 0 Å². The SMILES string of the molecule is CCNC(=NCCc1nc(C)no1)NC(C)Cc1ccc(C)s1. The van der Waals surface area contributed by atoms with E-state index in [1.807, 2.05) is 18.3 Å². The number of nitrogens with one attached hydrogen (secondary N) is 2. The molecule has 0 saturated heterocycles. The van der Waals surface area contributed by atoms with Gasteiger partial charge in [-0.2, -0.15) is 4.98 Å². The minimum atomic E-state index is 0.316. The summed E-state index contributed by atoms with van der Waals surface area (Å²) < 4.78 is 5.10. The summed E-state index contributed by atoms with van der Waals surface area (Å²) in [4.78, 5) is 11.5. The third-order valence-corrected chi connectivity index (χ3v) is 4.22. The smallest absolute Gasteiger partial charge is 0.228 e. The highest BCUT2D eigenvalue weighted by Gasteiger charge is 2.08. The minimum absolute atomic E-state index is 0.316. The largest absolute Gasteiger partial charge is 0.357 e. The predicted molar refractivity (Wildman–Crippen MR) is 94.1 cm³/mol. The van der Waals surface area contributed by atoms with Crippen molar-refractivity contribution >= 4 is 17.3 Å². The van der Waals surface area contributed by atoms with Gasteiger partial charge < -0.3 is 15.2 Å². The molecule has 0 aliphatic carbocycles. The van der Waals surface area contributed by atoms with Gasteiger partial charge in [0.25, 0.3) is 0 Å². The van der Waals surface area contributed by atoms with Crippen LogP contribution in [-0.4, -0.2) is 35.2 Å². The van der Waals surface area contributed by atoms with Gasteiger partial charge in [-0.25, -0.2) is 0 Å². The van der Waals surface area contributed by atoms with Gasteiger partial charge in [0.15, 0.2) is 11.8 Å². The van der Waals surface area contributed by atoms with Gasteiger partial charge in [-0.1, -0.05) is 5.16 Å². The summed E-state index contributed by atoms with van der Waals surface area (Å²) in [6.07, 6.45) is 1.64. The molecule has 1 atom stereocenters. The van der Waals surface area contributed by atoms with E-state index in [0.29, 0.717) is 30.7 Å². The van der Waals surface area contributed by atoms with Gasteiger partial charge in [0.05, 0.1) is 6.54 Å². The normalized spacial score (nSPS) is 13.1. The first-order valence-electron chi connectivity index (χ1n) is 7.96. The standard InChI is InChI=1S/C16H25N5OS/c1-5-17-16(18-9-8-15-20-13(4)21-22-15)19-11(2)10-14-7-6-12(3)23-14/h6-7,11H,5,8-10H2,1-4H3,(H2,17,18,19). The van der Waals surface area contributed by atoms with Gasteiger partial charge in [-0.3, -0.25) is 4.99 Å². The van der Waals surface area contributed by atoms with Crippen molar-refractivity contribution in [3.8, 4) is 0 Å². The first-order valence-corrected chi connectivity index (χ1v) is 8.77. The Bertz CT molecular complexity index is 634. The van der Waals surface area contributed by atoms with Crippen LogP contribution in [0.25, 0.3) is 0 Å². The molecule has 0 aliphatic rings. The first-order chi connectivity index (χ1) is 11.1. The van der Waals surface area contributed by atoms with E-state index in [9.17, 15) is 0 Å². The Hall–Kier alpha value is -1.89. The van der Waals surface area contributed by atoms with E-state index < -0.39 is 0 Å². The van der Waals surface area contributed by atoms with E-state index in [4.69, 9.17) is 4.52 Å². The summed E-state index contributed by atoms with van der Waals surface area (Å²) in [5.41, 5.74) is 0. The summed E-state index contributed by atoms with van der Waals surface area (Å²) in [5, 5.41) is 10.5. The molecule has 0 radical (unpaired) electrons. The minimum Gasteiger partial charge on any atom is -0.357 e. The second-order valence-corrected chi connectivity index (χ2v) is 6.88. The quantitative estimate of drug-likeness (QED) is 0.600. The van der Waals surface area contributed by atoms with E-state index in [1.165, 1.54) is 9.75 Å². The maximum atomic E-state index is 5.10. The third kappa shape index (κ3) is 6.02. The number of aliphatic imine (C=N–C) groups is 1. The van der Waals surface area contributed by atoms with Gasteiger partial charge in [0.1, 0.15) is 0 Å². The molecule has 0 aliphatic heterocycles. The molecule has 0 bridgehead atoms. The van der Waals surface area contributed by atoms with Gasteiger partial charge in [0.2, 0.25) is 5.89 Å². The Morgan fingerprint density at radius 1 is 1.39 bits per heavy atom. The molecule has 1 unspecified atom stereocenters. The zero-order valence-corrected chi connectivity index (χ0v) is 15.0. The average molecular weight is 335 g/mol. The van der Waals surface area contributed by atoms with Crippen molar-refractivity contribution in [2.75, 3.05) is 13.1 Å². The molecule has 0 amide bonds. The lowest BCUT2D eigenvalue weighted by Gasteiger charge is -2.17. The van der Waals surface area contributed by atoms with Crippen LogP contribution in [0.2, 0.25) is 0 Å². The highest BCUT2D eigenvalue weighted by Crippen LogP contribution is 2.16. The summed E-state index contributed by atoms with van der Waals surface area (Å²) >= 11 is 1.85. The molecule has 2 heterocycles. The van der Waals surface area contributed by atoms with Crippen LogP contribution in [-0.2, 0) is 12.8 Å². The number of rotatable bonds is 7. The molecule has 7 heteroatoms. The molecule has 0 fully saturated rings. The van der Waals surface area contributed by atoms with E-state index in [1.54, 1.807) is 0 Å². The van der Waals surface area contributed by atoms with Crippen molar-refractivity contribution in [1.82, 2.24) is 20.8 Å². The molecule has 23 heavy (non-hydrogen) atoms.